The fourth-order valence-corrected chi connectivity index (χ4v) is 6.34. The second-order valence-corrected chi connectivity index (χ2v) is 12.7. The number of carboxylic acids is 1. The molecule has 2 atom stereocenters. The van der Waals surface area contributed by atoms with Gasteiger partial charge >= 0.3 is 5.97 Å². The first-order valence-electron chi connectivity index (χ1n) is 10.2. The summed E-state index contributed by atoms with van der Waals surface area (Å²) < 4.78 is 13.1. The van der Waals surface area contributed by atoms with Gasteiger partial charge in [0, 0.05) is 18.0 Å². The number of thiophene rings is 1. The summed E-state index contributed by atoms with van der Waals surface area (Å²) >= 11 is 14.1. The molecule has 3 rings (SSSR count). The van der Waals surface area contributed by atoms with Crippen LogP contribution in [0.15, 0.2) is 53.9 Å². The van der Waals surface area contributed by atoms with E-state index in [0.29, 0.717) is 23.5 Å². The van der Waals surface area contributed by atoms with E-state index >= 15 is 0 Å². The van der Waals surface area contributed by atoms with Crippen molar-refractivity contribution in [2.45, 2.75) is 12.5 Å². The van der Waals surface area contributed by atoms with Crippen LogP contribution >= 0.6 is 41.7 Å². The molecule has 0 aliphatic carbocycles. The Morgan fingerprint density at radius 1 is 1.12 bits per heavy atom. The van der Waals surface area contributed by atoms with Crippen LogP contribution < -0.4 is 15.9 Å². The van der Waals surface area contributed by atoms with Crippen LogP contribution in [0.4, 0.5) is 5.00 Å². The van der Waals surface area contributed by atoms with E-state index in [1.165, 1.54) is 23.5 Å². The van der Waals surface area contributed by atoms with E-state index in [4.69, 9.17) is 23.2 Å². The van der Waals surface area contributed by atoms with Gasteiger partial charge in [0.1, 0.15) is 18.9 Å². The smallest absolute Gasteiger partial charge is 0.328 e. The van der Waals surface area contributed by atoms with E-state index in [1.54, 1.807) is 37.0 Å². The number of aliphatic carboxylic acids is 1. The van der Waals surface area contributed by atoms with Gasteiger partial charge < -0.3 is 25.4 Å². The molecule has 0 spiro atoms. The monoisotopic (exact) mass is 540 g/mol. The fraction of sp³-hybridized carbons (Fsp3) is 0.217. The number of anilines is 1. The number of rotatable bonds is 10. The van der Waals surface area contributed by atoms with Crippen LogP contribution in [0.5, 0.6) is 5.75 Å². The lowest BCUT2D eigenvalue weighted by molar-refractivity contribution is -0.138. The van der Waals surface area contributed by atoms with Crippen LogP contribution in [0.2, 0.25) is 10.0 Å². The molecule has 1 heterocycles. The Balaban J connectivity index is 1.69. The summed E-state index contributed by atoms with van der Waals surface area (Å²) in [5.41, 5.74) is 0.657. The Labute approximate surface area is 211 Å². The van der Waals surface area contributed by atoms with Gasteiger partial charge in [-0.05, 0) is 60.4 Å². The van der Waals surface area contributed by atoms with Gasteiger partial charge in [-0.2, -0.15) is 0 Å². The highest BCUT2D eigenvalue weighted by Crippen LogP contribution is 2.41. The predicted molar refractivity (Wildman–Crippen MR) is 138 cm³/mol. The minimum Gasteiger partial charge on any atom is -0.508 e. The van der Waals surface area contributed by atoms with E-state index in [9.17, 15) is 24.4 Å². The topological polar surface area (TPSA) is 116 Å². The van der Waals surface area contributed by atoms with Crippen molar-refractivity contribution in [1.29, 1.82) is 0 Å². The van der Waals surface area contributed by atoms with Crippen molar-refractivity contribution < 1.29 is 24.4 Å². The van der Waals surface area contributed by atoms with E-state index in [0.717, 1.165) is 5.00 Å². The lowest BCUT2D eigenvalue weighted by Crippen LogP contribution is -2.45. The molecule has 0 aliphatic heterocycles. The fourth-order valence-electron chi connectivity index (χ4n) is 3.26. The molecule has 2 unspecified atom stereocenters. The standard InChI is InChI=1S/C23H23Cl2N2O5PS/c1-33(32,16-5-2-4-15(28)12-16)8-7-14-10-17(24)21(18(25)11-14)22(29)27-19(23(30)31)13-26-20-6-3-9-34-20/h2-6,9-12,19,26,28H,7-8,13H2,1H3,(H,27,29)(H,30,31). The van der Waals surface area contributed by atoms with Crippen LogP contribution in [-0.4, -0.2) is 47.5 Å². The first-order chi connectivity index (χ1) is 16.1. The first-order valence-corrected chi connectivity index (χ1v) is 14.2. The minimum atomic E-state index is -2.75. The molecule has 180 valence electrons. The highest BCUT2D eigenvalue weighted by molar-refractivity contribution is 7.70. The Hall–Kier alpha value is -2.51. The van der Waals surface area contributed by atoms with Crippen molar-refractivity contribution in [3.05, 3.63) is 75.1 Å². The number of nitrogens with one attached hydrogen (secondary N) is 2. The van der Waals surface area contributed by atoms with Crippen LogP contribution in [0.1, 0.15) is 15.9 Å². The molecule has 4 N–H and O–H groups in total. The van der Waals surface area contributed by atoms with E-state index in [-0.39, 0.29) is 27.9 Å². The number of carbonyl (C=O) groups is 2. The SMILES string of the molecule is CP(=O)(CCc1cc(Cl)c(C(=O)NC(CNc2cccs2)C(=O)O)c(Cl)c1)c1cccc(O)c1. The molecule has 0 saturated heterocycles. The Kier molecular flexibility index (Phi) is 8.66. The summed E-state index contributed by atoms with van der Waals surface area (Å²) in [6.45, 7) is 1.62. The Morgan fingerprint density at radius 3 is 2.41 bits per heavy atom. The van der Waals surface area contributed by atoms with Gasteiger partial charge in [0.25, 0.3) is 5.91 Å². The van der Waals surface area contributed by atoms with Crippen molar-refractivity contribution >= 4 is 63.9 Å². The van der Waals surface area contributed by atoms with Gasteiger partial charge in [-0.25, -0.2) is 4.79 Å². The van der Waals surface area contributed by atoms with Crippen LogP contribution in [0.25, 0.3) is 0 Å². The summed E-state index contributed by atoms with van der Waals surface area (Å²) in [4.78, 5) is 24.4. The van der Waals surface area contributed by atoms with Gasteiger partial charge in [0.2, 0.25) is 0 Å². The highest BCUT2D eigenvalue weighted by Gasteiger charge is 2.25. The molecular weight excluding hydrogens is 518 g/mol. The number of phenols is 1. The van der Waals surface area contributed by atoms with Crippen molar-refractivity contribution in [1.82, 2.24) is 5.32 Å². The number of aryl methyl sites for hydroxylation is 1. The second-order valence-electron chi connectivity index (χ2n) is 7.75. The zero-order valence-corrected chi connectivity index (χ0v) is 21.3. The molecule has 0 radical (unpaired) electrons. The third-order valence-electron chi connectivity index (χ3n) is 5.14. The Bertz CT molecular complexity index is 1210. The lowest BCUT2D eigenvalue weighted by atomic mass is 10.1. The zero-order valence-electron chi connectivity index (χ0n) is 18.1. The summed E-state index contributed by atoms with van der Waals surface area (Å²) in [5, 5.41) is 27.9. The highest BCUT2D eigenvalue weighted by atomic mass is 35.5. The molecule has 7 nitrogen and oxygen atoms in total. The normalized spacial score (nSPS) is 13.6. The molecule has 0 saturated carbocycles. The number of carboxylic acid groups (broad SMARTS) is 1. The average Bonchev–Trinajstić information content (AvgIpc) is 3.28. The summed E-state index contributed by atoms with van der Waals surface area (Å²) in [7, 11) is -2.75. The third-order valence-corrected chi connectivity index (χ3v) is 9.01. The second kappa shape index (κ2) is 11.3. The average molecular weight is 541 g/mol. The maximum Gasteiger partial charge on any atom is 0.328 e. The summed E-state index contributed by atoms with van der Waals surface area (Å²) in [5.74, 6) is -1.86. The molecule has 0 fully saturated rings. The number of hydrogen-bond acceptors (Lipinski definition) is 6. The zero-order chi connectivity index (χ0) is 24.9. The number of benzene rings is 2. The van der Waals surface area contributed by atoms with Gasteiger partial charge in [-0.15, -0.1) is 11.3 Å². The number of hydrogen-bond donors (Lipinski definition) is 4. The largest absolute Gasteiger partial charge is 0.508 e. The minimum absolute atomic E-state index is 0.0181. The third kappa shape index (κ3) is 6.76. The van der Waals surface area contributed by atoms with Crippen molar-refractivity contribution in [2.75, 3.05) is 24.7 Å². The molecule has 34 heavy (non-hydrogen) atoms. The van der Waals surface area contributed by atoms with Gasteiger partial charge in [0.05, 0.1) is 20.6 Å². The quantitative estimate of drug-likeness (QED) is 0.271. The van der Waals surface area contributed by atoms with Gasteiger partial charge in [-0.3, -0.25) is 4.79 Å². The van der Waals surface area contributed by atoms with Crippen molar-refractivity contribution in [3.8, 4) is 5.75 Å². The summed E-state index contributed by atoms with van der Waals surface area (Å²) in [6.07, 6.45) is 0.692. The van der Waals surface area contributed by atoms with E-state index < -0.39 is 25.1 Å². The van der Waals surface area contributed by atoms with Crippen LogP contribution in [0.3, 0.4) is 0 Å². The van der Waals surface area contributed by atoms with Gasteiger partial charge in [0.15, 0.2) is 0 Å². The molecule has 0 bridgehead atoms. The number of amides is 1. The lowest BCUT2D eigenvalue weighted by Gasteiger charge is -2.17. The Morgan fingerprint density at radius 2 is 1.82 bits per heavy atom. The molecule has 0 aliphatic rings. The van der Waals surface area contributed by atoms with E-state index in [2.05, 4.69) is 10.6 Å². The molecule has 3 aromatic rings. The molecule has 1 aromatic heterocycles. The van der Waals surface area contributed by atoms with Crippen LogP contribution in [0, 0.1) is 0 Å². The molecule has 2 aromatic carbocycles. The predicted octanol–water partition coefficient (Wildman–Crippen LogP) is 4.92. The number of aromatic hydroxyl groups is 1. The van der Waals surface area contributed by atoms with Crippen molar-refractivity contribution in [2.24, 2.45) is 0 Å². The number of carbonyl (C=O) groups excluding carboxylic acids is 1. The summed E-state index contributed by atoms with van der Waals surface area (Å²) in [6, 6.07) is 11.9. The van der Waals surface area contributed by atoms with Crippen LogP contribution in [-0.2, 0) is 15.8 Å². The molecular formula is C23H23Cl2N2O5PS. The molecule has 1 amide bonds. The maximum atomic E-state index is 13.1. The van der Waals surface area contributed by atoms with E-state index in [1.807, 2.05) is 11.4 Å². The number of phenolic OH excluding ortho intramolecular Hbond substituents is 1. The maximum absolute atomic E-state index is 13.1. The van der Waals surface area contributed by atoms with Crippen molar-refractivity contribution in [3.63, 3.8) is 0 Å². The molecule has 11 heteroatoms. The first kappa shape index (κ1) is 26.1. The number of halogens is 2. The van der Waals surface area contributed by atoms with Gasteiger partial charge in [-0.1, -0.05) is 35.3 Å².